The normalized spacial score (nSPS) is 28.5. The molecule has 1 saturated heterocycles. The lowest BCUT2D eigenvalue weighted by atomic mass is 10.1. The maximum Gasteiger partial charge on any atom is 0.191 e. The molecule has 0 spiro atoms. The van der Waals surface area contributed by atoms with E-state index in [9.17, 15) is 8.42 Å². The van der Waals surface area contributed by atoms with Crippen LogP contribution in [0.1, 0.15) is 52.9 Å². The van der Waals surface area contributed by atoms with Gasteiger partial charge in [0.05, 0.1) is 10.5 Å². The molecule has 0 radical (unpaired) electrons. The highest BCUT2D eigenvalue weighted by Crippen LogP contribution is 2.39. The van der Waals surface area contributed by atoms with Crippen LogP contribution >= 0.6 is 0 Å². The van der Waals surface area contributed by atoms with Crippen LogP contribution in [0.15, 0.2) is 11.6 Å². The minimum absolute atomic E-state index is 0.0937. The Labute approximate surface area is 131 Å². The summed E-state index contributed by atoms with van der Waals surface area (Å²) < 4.78 is 30.2. The van der Waals surface area contributed by atoms with Gasteiger partial charge in [0.1, 0.15) is 0 Å². The smallest absolute Gasteiger partial charge is 0.191 e. The van der Waals surface area contributed by atoms with Crippen LogP contribution in [0.5, 0.6) is 0 Å². The first kappa shape index (κ1) is 17.2. The lowest BCUT2D eigenvalue weighted by molar-refractivity contribution is 0.282. The highest BCUT2D eigenvalue weighted by molar-refractivity contribution is 7.93. The Morgan fingerprint density at radius 2 is 1.95 bits per heavy atom. The molecule has 2 heterocycles. The van der Waals surface area contributed by atoms with E-state index in [1.807, 2.05) is 6.08 Å². The molecule has 3 nitrogen and oxygen atoms in total. The van der Waals surface area contributed by atoms with Crippen molar-refractivity contribution in [3.63, 3.8) is 0 Å². The van der Waals surface area contributed by atoms with Crippen LogP contribution in [0.3, 0.4) is 0 Å². The summed E-state index contributed by atoms with van der Waals surface area (Å²) in [6, 6.07) is 0. The average Bonchev–Trinajstić information content (AvgIpc) is 2.53. The lowest BCUT2D eigenvalue weighted by Gasteiger charge is -2.36. The molecule has 2 unspecified atom stereocenters. The summed E-state index contributed by atoms with van der Waals surface area (Å²) in [4.78, 5) is 0. The molecule has 0 N–H and O–H groups in total. The number of hydrogen-bond acceptors (Lipinski definition) is 3. The predicted molar refractivity (Wildman–Crippen MR) is 90.8 cm³/mol. The van der Waals surface area contributed by atoms with Gasteiger partial charge >= 0.3 is 0 Å². The predicted octanol–water partition coefficient (Wildman–Crippen LogP) is 4.06. The van der Waals surface area contributed by atoms with Crippen LogP contribution in [-0.4, -0.2) is 33.8 Å². The SMILES string of the molecule is CC(C)(C)[Si](C)(C)OCCCC1=CC2CCC(C1)S2(=O)=O. The maximum absolute atomic E-state index is 12.0. The highest BCUT2D eigenvalue weighted by atomic mass is 32.2. The maximum atomic E-state index is 12.0. The quantitative estimate of drug-likeness (QED) is 0.434. The van der Waals surface area contributed by atoms with Crippen molar-refractivity contribution < 1.29 is 12.8 Å². The van der Waals surface area contributed by atoms with E-state index < -0.39 is 18.2 Å². The zero-order valence-electron chi connectivity index (χ0n) is 14.1. The minimum atomic E-state index is -2.84. The Hall–Kier alpha value is -0.133. The largest absolute Gasteiger partial charge is 0.417 e. The summed E-state index contributed by atoms with van der Waals surface area (Å²) in [7, 11) is -4.48. The zero-order valence-corrected chi connectivity index (χ0v) is 15.9. The van der Waals surface area contributed by atoms with Gasteiger partial charge in [0.2, 0.25) is 0 Å². The molecule has 2 bridgehead atoms. The van der Waals surface area contributed by atoms with Crippen molar-refractivity contribution in [3.8, 4) is 0 Å². The molecular weight excluding hydrogens is 300 g/mol. The third-order valence-electron chi connectivity index (χ3n) is 5.48. The number of fused-ring (bicyclic) bond motifs is 2. The van der Waals surface area contributed by atoms with Gasteiger partial charge in [0.25, 0.3) is 0 Å². The van der Waals surface area contributed by atoms with E-state index in [1.165, 1.54) is 5.57 Å². The first-order valence-electron chi connectivity index (χ1n) is 8.10. The molecular formula is C16H30O3SSi. The van der Waals surface area contributed by atoms with E-state index in [4.69, 9.17) is 4.43 Å². The summed E-state index contributed by atoms with van der Waals surface area (Å²) in [5, 5.41) is -0.0269. The molecule has 1 fully saturated rings. The van der Waals surface area contributed by atoms with E-state index in [2.05, 4.69) is 33.9 Å². The molecule has 0 saturated carbocycles. The fraction of sp³-hybridized carbons (Fsp3) is 0.875. The van der Waals surface area contributed by atoms with Gasteiger partial charge in [-0.15, -0.1) is 0 Å². The van der Waals surface area contributed by atoms with Crippen molar-refractivity contribution in [2.75, 3.05) is 6.61 Å². The fourth-order valence-corrected chi connectivity index (χ4v) is 6.31. The second-order valence-electron chi connectivity index (χ2n) is 8.07. The van der Waals surface area contributed by atoms with Gasteiger partial charge in [-0.3, -0.25) is 0 Å². The molecule has 0 aromatic rings. The summed E-state index contributed by atoms with van der Waals surface area (Å²) in [6.45, 7) is 12.1. The first-order valence-corrected chi connectivity index (χ1v) is 12.6. The van der Waals surface area contributed by atoms with E-state index in [1.54, 1.807) is 0 Å². The monoisotopic (exact) mass is 330 g/mol. The van der Waals surface area contributed by atoms with E-state index in [-0.39, 0.29) is 15.5 Å². The topological polar surface area (TPSA) is 43.4 Å². The number of hydrogen-bond donors (Lipinski definition) is 0. The molecule has 2 aliphatic rings. The van der Waals surface area contributed by atoms with Gasteiger partial charge in [-0.05, 0) is 50.2 Å². The molecule has 21 heavy (non-hydrogen) atoms. The zero-order chi connectivity index (χ0) is 15.9. The number of rotatable bonds is 5. The van der Waals surface area contributed by atoms with Crippen molar-refractivity contribution >= 4 is 18.2 Å². The average molecular weight is 331 g/mol. The first-order chi connectivity index (χ1) is 9.54. The second kappa shape index (κ2) is 5.82. The molecule has 0 aliphatic carbocycles. The van der Waals surface area contributed by atoms with E-state index >= 15 is 0 Å². The Morgan fingerprint density at radius 1 is 1.29 bits per heavy atom. The van der Waals surface area contributed by atoms with Gasteiger partial charge in [-0.25, -0.2) is 8.42 Å². The summed E-state index contributed by atoms with van der Waals surface area (Å²) in [6.07, 6.45) is 6.49. The van der Waals surface area contributed by atoms with E-state index in [0.29, 0.717) is 0 Å². The molecule has 2 atom stereocenters. The van der Waals surface area contributed by atoms with Crippen LogP contribution in [0.4, 0.5) is 0 Å². The molecule has 5 heteroatoms. The summed E-state index contributed by atoms with van der Waals surface area (Å²) in [5.74, 6) is 0. The van der Waals surface area contributed by atoms with Crippen LogP contribution < -0.4 is 0 Å². The molecule has 0 aromatic carbocycles. The van der Waals surface area contributed by atoms with Gasteiger partial charge in [-0.1, -0.05) is 32.4 Å². The molecule has 122 valence electrons. The number of allylic oxidation sites excluding steroid dienone is 1. The van der Waals surface area contributed by atoms with Crippen molar-refractivity contribution in [1.29, 1.82) is 0 Å². The summed E-state index contributed by atoms with van der Waals surface area (Å²) in [5.41, 5.74) is 1.34. The molecule has 2 aliphatic heterocycles. The van der Waals surface area contributed by atoms with E-state index in [0.717, 1.165) is 38.7 Å². The molecule has 0 amide bonds. The Kier molecular flexibility index (Phi) is 4.77. The van der Waals surface area contributed by atoms with Crippen LogP contribution in [0, 0.1) is 0 Å². The van der Waals surface area contributed by atoms with Crippen molar-refractivity contribution in [2.24, 2.45) is 0 Å². The fourth-order valence-electron chi connectivity index (χ4n) is 2.97. The Bertz CT molecular complexity index is 514. The third-order valence-corrected chi connectivity index (χ3v) is 12.6. The van der Waals surface area contributed by atoms with Crippen LogP contribution in [0.25, 0.3) is 0 Å². The second-order valence-corrected chi connectivity index (χ2v) is 15.3. The standard InChI is InChI=1S/C16H30O3SSi/c1-16(2,3)21(4,5)19-10-6-7-13-11-14-8-9-15(12-13)20(14,17)18/h11,14-15H,6-10,12H2,1-5H3. The van der Waals surface area contributed by atoms with Gasteiger partial charge < -0.3 is 4.43 Å². The number of sulfone groups is 1. The van der Waals surface area contributed by atoms with Crippen molar-refractivity contribution in [1.82, 2.24) is 0 Å². The highest BCUT2D eigenvalue weighted by Gasteiger charge is 2.42. The minimum Gasteiger partial charge on any atom is -0.417 e. The lowest BCUT2D eigenvalue weighted by Crippen LogP contribution is -2.41. The Balaban J connectivity index is 1.81. The van der Waals surface area contributed by atoms with Gasteiger partial charge in [-0.2, -0.15) is 0 Å². The van der Waals surface area contributed by atoms with Crippen molar-refractivity contribution in [2.45, 2.75) is 81.5 Å². The van der Waals surface area contributed by atoms with Crippen LogP contribution in [0.2, 0.25) is 18.1 Å². The van der Waals surface area contributed by atoms with Gasteiger partial charge in [0.15, 0.2) is 18.2 Å². The molecule has 0 aromatic heterocycles. The van der Waals surface area contributed by atoms with Crippen LogP contribution in [-0.2, 0) is 14.3 Å². The van der Waals surface area contributed by atoms with Crippen molar-refractivity contribution in [3.05, 3.63) is 11.6 Å². The summed E-state index contributed by atoms with van der Waals surface area (Å²) >= 11 is 0. The Morgan fingerprint density at radius 3 is 2.52 bits per heavy atom. The third kappa shape index (κ3) is 3.62. The molecule has 2 rings (SSSR count). The van der Waals surface area contributed by atoms with Gasteiger partial charge in [0, 0.05) is 6.61 Å².